The SMILES string of the molecule is O=C(ONC(c1ccc([N+](=O)[O-])cc1)=[N+](C1CCCCC1)C1CCCCC1)c1ccccc1. The molecule has 0 radical (unpaired) electrons. The summed E-state index contributed by atoms with van der Waals surface area (Å²) in [5.74, 6) is 0.273. The fraction of sp³-hybridized carbons (Fsp3) is 0.462. The van der Waals surface area contributed by atoms with E-state index in [1.54, 1.807) is 36.4 Å². The molecule has 0 atom stereocenters. The molecule has 0 heterocycles. The Morgan fingerprint density at radius 3 is 1.85 bits per heavy atom. The van der Waals surface area contributed by atoms with Crippen molar-refractivity contribution in [2.24, 2.45) is 0 Å². The lowest BCUT2D eigenvalue weighted by molar-refractivity contribution is -0.610. The molecule has 2 aliphatic rings. The number of nitrogens with one attached hydrogen (secondary N) is 1. The Bertz CT molecular complexity index is 956. The van der Waals surface area contributed by atoms with Crippen molar-refractivity contribution in [2.45, 2.75) is 76.3 Å². The van der Waals surface area contributed by atoms with E-state index in [2.05, 4.69) is 10.1 Å². The summed E-state index contributed by atoms with van der Waals surface area (Å²) in [5, 5.41) is 11.2. The number of nitrogens with zero attached hydrogens (tertiary/aromatic N) is 2. The molecule has 2 aromatic rings. The van der Waals surface area contributed by atoms with Gasteiger partial charge in [0.05, 0.1) is 28.1 Å². The van der Waals surface area contributed by atoms with E-state index >= 15 is 0 Å². The molecule has 0 aliphatic heterocycles. The molecule has 2 fully saturated rings. The van der Waals surface area contributed by atoms with Crippen molar-refractivity contribution in [2.75, 3.05) is 0 Å². The van der Waals surface area contributed by atoms with E-state index in [0.29, 0.717) is 17.6 Å². The molecule has 7 heteroatoms. The molecule has 0 spiro atoms. The smallest absolute Gasteiger partial charge is 0.259 e. The van der Waals surface area contributed by atoms with Crippen LogP contribution in [0, 0.1) is 10.1 Å². The summed E-state index contributed by atoms with van der Waals surface area (Å²) < 4.78 is 2.43. The van der Waals surface area contributed by atoms with E-state index < -0.39 is 10.9 Å². The highest BCUT2D eigenvalue weighted by atomic mass is 16.7. The maximum atomic E-state index is 12.7. The molecule has 1 N–H and O–H groups in total. The minimum absolute atomic E-state index is 0.0428. The number of hydrogen-bond acceptors (Lipinski definition) is 4. The largest absolute Gasteiger partial charge is 0.387 e. The third kappa shape index (κ3) is 5.78. The Balaban J connectivity index is 1.72. The summed E-state index contributed by atoms with van der Waals surface area (Å²) in [7, 11) is 0. The van der Waals surface area contributed by atoms with Crippen LogP contribution >= 0.6 is 0 Å². The van der Waals surface area contributed by atoms with Crippen LogP contribution < -0.4 is 5.48 Å². The quantitative estimate of drug-likeness (QED) is 0.217. The summed E-state index contributed by atoms with van der Waals surface area (Å²) in [6.07, 6.45) is 11.6. The topological polar surface area (TPSA) is 84.5 Å². The number of benzene rings is 2. The van der Waals surface area contributed by atoms with Gasteiger partial charge in [-0.25, -0.2) is 4.79 Å². The van der Waals surface area contributed by atoms with E-state index in [1.807, 2.05) is 6.07 Å². The first-order valence-corrected chi connectivity index (χ1v) is 12.1. The predicted molar refractivity (Wildman–Crippen MR) is 126 cm³/mol. The Morgan fingerprint density at radius 1 is 0.788 bits per heavy atom. The maximum Gasteiger partial charge on any atom is 0.387 e. The summed E-state index contributed by atoms with van der Waals surface area (Å²) in [6, 6.07) is 16.1. The first-order chi connectivity index (χ1) is 16.1. The number of nitro benzene ring substituents is 1. The molecule has 0 amide bonds. The van der Waals surface area contributed by atoms with Gasteiger partial charge in [-0.2, -0.15) is 0 Å². The van der Waals surface area contributed by atoms with Crippen LogP contribution in [0.2, 0.25) is 0 Å². The first kappa shape index (κ1) is 23.0. The van der Waals surface area contributed by atoms with E-state index in [0.717, 1.165) is 37.1 Å². The van der Waals surface area contributed by atoms with Gasteiger partial charge in [0.25, 0.3) is 5.69 Å². The predicted octanol–water partition coefficient (Wildman–Crippen LogP) is 5.38. The summed E-state index contributed by atoms with van der Waals surface area (Å²) >= 11 is 0. The number of nitro groups is 1. The standard InChI is InChI=1S/C26H31N3O4/c30-26(21-10-4-1-5-11-21)33-27-25(20-16-18-24(19-17-20)29(31)32)28(22-12-6-2-7-13-22)23-14-8-3-9-15-23/h1,4-5,10-11,16-19,22-23H,2-3,6-9,12-15H2/p+1. The van der Waals surface area contributed by atoms with E-state index in [9.17, 15) is 14.9 Å². The van der Waals surface area contributed by atoms with E-state index in [1.165, 1.54) is 50.7 Å². The maximum absolute atomic E-state index is 12.7. The van der Waals surface area contributed by atoms with Gasteiger partial charge < -0.3 is 0 Å². The van der Waals surface area contributed by atoms with Crippen LogP contribution in [0.1, 0.15) is 80.1 Å². The van der Waals surface area contributed by atoms with Gasteiger partial charge in [-0.3, -0.25) is 19.5 Å². The van der Waals surface area contributed by atoms with E-state index in [-0.39, 0.29) is 5.69 Å². The molecule has 0 unspecified atom stereocenters. The lowest BCUT2D eigenvalue weighted by Crippen LogP contribution is -2.47. The summed E-state index contributed by atoms with van der Waals surface area (Å²) in [6.45, 7) is 0. The van der Waals surface area contributed by atoms with Gasteiger partial charge in [0.2, 0.25) is 0 Å². The second-order valence-electron chi connectivity index (χ2n) is 9.00. The zero-order valence-electron chi connectivity index (χ0n) is 18.9. The Hall–Kier alpha value is -3.22. The monoisotopic (exact) mass is 450 g/mol. The van der Waals surface area contributed by atoms with Crippen molar-refractivity contribution in [3.63, 3.8) is 0 Å². The number of carbonyl (C=O) groups is 1. The lowest BCUT2D eigenvalue weighted by atomic mass is 9.89. The van der Waals surface area contributed by atoms with Crippen molar-refractivity contribution in [1.29, 1.82) is 0 Å². The van der Waals surface area contributed by atoms with Gasteiger partial charge in [-0.15, -0.1) is 0 Å². The van der Waals surface area contributed by atoms with Crippen molar-refractivity contribution in [1.82, 2.24) is 5.48 Å². The van der Waals surface area contributed by atoms with Crippen LogP contribution in [0.15, 0.2) is 54.6 Å². The third-order valence-corrected chi connectivity index (χ3v) is 6.80. The average molecular weight is 451 g/mol. The number of non-ortho nitro benzene ring substituents is 1. The van der Waals surface area contributed by atoms with Crippen LogP contribution in [0.4, 0.5) is 5.69 Å². The third-order valence-electron chi connectivity index (χ3n) is 6.80. The summed E-state index contributed by atoms with van der Waals surface area (Å²) in [5.41, 5.74) is 4.30. The average Bonchev–Trinajstić information content (AvgIpc) is 2.88. The normalized spacial score (nSPS) is 17.2. The fourth-order valence-corrected chi connectivity index (χ4v) is 5.11. The Labute approximate surface area is 194 Å². The molecule has 33 heavy (non-hydrogen) atoms. The molecule has 0 saturated heterocycles. The van der Waals surface area contributed by atoms with Crippen molar-refractivity contribution in [3.05, 3.63) is 75.8 Å². The minimum Gasteiger partial charge on any atom is -0.259 e. The van der Waals surface area contributed by atoms with Crippen LogP contribution in [-0.2, 0) is 4.84 Å². The molecule has 7 nitrogen and oxygen atoms in total. The zero-order chi connectivity index (χ0) is 23.0. The summed E-state index contributed by atoms with van der Waals surface area (Å²) in [4.78, 5) is 29.1. The van der Waals surface area contributed by atoms with E-state index in [4.69, 9.17) is 4.84 Å². The molecule has 2 aliphatic carbocycles. The van der Waals surface area contributed by atoms with Crippen LogP contribution in [0.25, 0.3) is 0 Å². The molecule has 0 aromatic heterocycles. The number of carbonyl (C=O) groups excluding carboxylic acids is 1. The first-order valence-electron chi connectivity index (χ1n) is 12.1. The highest BCUT2D eigenvalue weighted by Crippen LogP contribution is 2.28. The zero-order valence-corrected chi connectivity index (χ0v) is 18.9. The van der Waals surface area contributed by atoms with Crippen LogP contribution in [0.5, 0.6) is 0 Å². The van der Waals surface area contributed by atoms with Crippen LogP contribution in [-0.4, -0.2) is 33.4 Å². The lowest BCUT2D eigenvalue weighted by Gasteiger charge is -2.32. The van der Waals surface area contributed by atoms with Gasteiger partial charge in [0.1, 0.15) is 0 Å². The van der Waals surface area contributed by atoms with Gasteiger partial charge in [-0.05, 0) is 75.6 Å². The highest BCUT2D eigenvalue weighted by molar-refractivity contribution is 5.96. The van der Waals surface area contributed by atoms with Crippen molar-refractivity contribution < 1.29 is 19.1 Å². The van der Waals surface area contributed by atoms with Crippen LogP contribution in [0.3, 0.4) is 0 Å². The second-order valence-corrected chi connectivity index (χ2v) is 9.00. The number of rotatable bonds is 5. The molecule has 2 aromatic carbocycles. The fourth-order valence-electron chi connectivity index (χ4n) is 5.11. The van der Waals surface area contributed by atoms with Gasteiger partial charge in [0, 0.05) is 12.1 Å². The number of amidine groups is 1. The molecule has 0 bridgehead atoms. The van der Waals surface area contributed by atoms with Crippen molar-refractivity contribution in [3.8, 4) is 0 Å². The number of hydrogen-bond donors (Lipinski definition) is 1. The Morgan fingerprint density at radius 2 is 1.33 bits per heavy atom. The second kappa shape index (κ2) is 11.1. The van der Waals surface area contributed by atoms with Gasteiger partial charge >= 0.3 is 11.8 Å². The van der Waals surface area contributed by atoms with Gasteiger partial charge in [0.15, 0.2) is 0 Å². The number of hydroxylamine groups is 1. The highest BCUT2D eigenvalue weighted by Gasteiger charge is 2.34. The molecule has 2 saturated carbocycles. The molecular weight excluding hydrogens is 418 g/mol. The Kier molecular flexibility index (Phi) is 7.70. The molecular formula is C26H32N3O4+. The van der Waals surface area contributed by atoms with Gasteiger partial charge in [-0.1, -0.05) is 36.5 Å². The molecule has 4 rings (SSSR count). The minimum atomic E-state index is -0.456. The van der Waals surface area contributed by atoms with Crippen molar-refractivity contribution >= 4 is 17.5 Å². The molecule has 174 valence electrons.